The molecule has 0 fully saturated rings. The first-order valence-corrected chi connectivity index (χ1v) is 6.15. The predicted octanol–water partition coefficient (Wildman–Crippen LogP) is 2.21. The Morgan fingerprint density at radius 3 is 1.93 bits per heavy atom. The van der Waals surface area contributed by atoms with Gasteiger partial charge in [0, 0.05) is 6.26 Å². The number of benzene rings is 1. The predicted molar refractivity (Wildman–Crippen MR) is 55.0 cm³/mol. The van der Waals surface area contributed by atoms with Crippen LogP contribution in [0.4, 0.5) is 0 Å². The molecule has 0 saturated carbocycles. The number of carbonyl (C=O) groups excluding carboxylic acids is 1. The van der Waals surface area contributed by atoms with Crippen molar-refractivity contribution < 1.29 is 13.2 Å². The largest absolute Gasteiger partial charge is 0.298 e. The topological polar surface area (TPSA) is 51.2 Å². The minimum absolute atomic E-state index is 0.00176. The third-order valence-electron chi connectivity index (χ3n) is 1.60. The highest BCUT2D eigenvalue weighted by atomic mass is 35.5. The lowest BCUT2D eigenvalue weighted by Crippen LogP contribution is -1.98. The van der Waals surface area contributed by atoms with Crippen LogP contribution in [0.5, 0.6) is 0 Å². The minimum atomic E-state index is -3.36. The summed E-state index contributed by atoms with van der Waals surface area (Å²) in [6.45, 7) is 0. The molecule has 76 valence electrons. The first kappa shape index (κ1) is 11.5. The second-order valence-electron chi connectivity index (χ2n) is 2.69. The lowest BCUT2D eigenvalue weighted by Gasteiger charge is -2.03. The maximum Gasteiger partial charge on any atom is 0.175 e. The van der Waals surface area contributed by atoms with Gasteiger partial charge < -0.3 is 0 Å². The Balaban J connectivity index is 3.50. The molecule has 0 aliphatic carbocycles. The number of halogens is 2. The normalized spacial score (nSPS) is 11.4. The standard InChI is InChI=1S/C8H6Cl2O3S/c1-14(12,13)5-2-7(9)6(4-11)8(10)3-5/h2-4H,1H3. The van der Waals surface area contributed by atoms with E-state index in [9.17, 15) is 13.2 Å². The van der Waals surface area contributed by atoms with Crippen LogP contribution in [0.25, 0.3) is 0 Å². The first-order chi connectivity index (χ1) is 6.36. The van der Waals surface area contributed by atoms with E-state index in [1.807, 2.05) is 0 Å². The smallest absolute Gasteiger partial charge is 0.175 e. The van der Waals surface area contributed by atoms with Crippen molar-refractivity contribution in [3.8, 4) is 0 Å². The summed E-state index contributed by atoms with van der Waals surface area (Å²) in [5.74, 6) is 0. The van der Waals surface area contributed by atoms with E-state index in [1.165, 1.54) is 12.1 Å². The van der Waals surface area contributed by atoms with Crippen molar-refractivity contribution in [1.82, 2.24) is 0 Å². The summed E-state index contributed by atoms with van der Waals surface area (Å²) in [7, 11) is -3.36. The number of sulfone groups is 1. The lowest BCUT2D eigenvalue weighted by atomic mass is 10.2. The molecule has 0 heterocycles. The summed E-state index contributed by atoms with van der Waals surface area (Å²) < 4.78 is 22.3. The summed E-state index contributed by atoms with van der Waals surface area (Å²) in [4.78, 5) is 10.5. The molecule has 0 radical (unpaired) electrons. The van der Waals surface area contributed by atoms with Crippen LogP contribution in [0.3, 0.4) is 0 Å². The molecule has 0 aliphatic rings. The Hall–Kier alpha value is -0.580. The molecule has 1 aromatic carbocycles. The Morgan fingerprint density at radius 2 is 1.64 bits per heavy atom. The van der Waals surface area contributed by atoms with E-state index in [1.54, 1.807) is 0 Å². The van der Waals surface area contributed by atoms with Gasteiger partial charge in [0.2, 0.25) is 0 Å². The van der Waals surface area contributed by atoms with Crippen LogP contribution >= 0.6 is 23.2 Å². The molecule has 0 N–H and O–H groups in total. The van der Waals surface area contributed by atoms with E-state index in [0.717, 1.165) is 6.26 Å². The number of rotatable bonds is 2. The van der Waals surface area contributed by atoms with Crippen LogP contribution in [0.1, 0.15) is 10.4 Å². The van der Waals surface area contributed by atoms with Crippen molar-refractivity contribution in [1.29, 1.82) is 0 Å². The summed E-state index contributed by atoms with van der Waals surface area (Å²) in [5.41, 5.74) is 0.0979. The van der Waals surface area contributed by atoms with Crippen molar-refractivity contribution in [3.63, 3.8) is 0 Å². The van der Waals surface area contributed by atoms with E-state index < -0.39 is 9.84 Å². The molecular formula is C8H6Cl2O3S. The fourth-order valence-electron chi connectivity index (χ4n) is 0.888. The number of hydrogen-bond donors (Lipinski definition) is 0. The second kappa shape index (κ2) is 3.88. The molecule has 14 heavy (non-hydrogen) atoms. The van der Waals surface area contributed by atoms with Gasteiger partial charge in [0.25, 0.3) is 0 Å². The Morgan fingerprint density at radius 1 is 1.21 bits per heavy atom. The third-order valence-corrected chi connectivity index (χ3v) is 3.32. The molecule has 0 spiro atoms. The third kappa shape index (κ3) is 2.26. The van der Waals surface area contributed by atoms with Gasteiger partial charge in [-0.05, 0) is 12.1 Å². The number of carbonyl (C=O) groups is 1. The van der Waals surface area contributed by atoms with Gasteiger partial charge in [0.15, 0.2) is 16.1 Å². The average Bonchev–Trinajstić information content (AvgIpc) is 2.01. The molecule has 0 aliphatic heterocycles. The molecule has 0 saturated heterocycles. The zero-order valence-corrected chi connectivity index (χ0v) is 9.45. The molecule has 0 aromatic heterocycles. The van der Waals surface area contributed by atoms with Crippen molar-refractivity contribution in [2.75, 3.05) is 6.26 Å². The van der Waals surface area contributed by atoms with E-state index in [-0.39, 0.29) is 20.5 Å². The molecule has 3 nitrogen and oxygen atoms in total. The zero-order valence-electron chi connectivity index (χ0n) is 7.12. The SMILES string of the molecule is CS(=O)(=O)c1cc(Cl)c(C=O)c(Cl)c1. The maximum absolute atomic E-state index is 11.1. The molecular weight excluding hydrogens is 247 g/mol. The number of aldehydes is 1. The molecule has 0 unspecified atom stereocenters. The summed E-state index contributed by atoms with van der Waals surface area (Å²) in [6, 6.07) is 2.40. The van der Waals surface area contributed by atoms with Crippen LogP contribution in [-0.4, -0.2) is 21.0 Å². The fraction of sp³-hybridized carbons (Fsp3) is 0.125. The average molecular weight is 253 g/mol. The maximum atomic E-state index is 11.1. The fourth-order valence-corrected chi connectivity index (χ4v) is 2.26. The van der Waals surface area contributed by atoms with Gasteiger partial charge in [-0.1, -0.05) is 23.2 Å². The highest BCUT2D eigenvalue weighted by Crippen LogP contribution is 2.27. The minimum Gasteiger partial charge on any atom is -0.298 e. The van der Waals surface area contributed by atoms with Crippen molar-refractivity contribution in [2.45, 2.75) is 4.90 Å². The first-order valence-electron chi connectivity index (χ1n) is 3.50. The Labute approximate surface area is 91.6 Å². The summed E-state index contributed by atoms with van der Waals surface area (Å²) >= 11 is 11.3. The van der Waals surface area contributed by atoms with Crippen LogP contribution in [0.2, 0.25) is 10.0 Å². The van der Waals surface area contributed by atoms with E-state index in [4.69, 9.17) is 23.2 Å². The van der Waals surface area contributed by atoms with Gasteiger partial charge in [-0.3, -0.25) is 4.79 Å². The van der Waals surface area contributed by atoms with Gasteiger partial charge >= 0.3 is 0 Å². The quantitative estimate of drug-likeness (QED) is 0.759. The van der Waals surface area contributed by atoms with Gasteiger partial charge in [-0.15, -0.1) is 0 Å². The number of hydrogen-bond acceptors (Lipinski definition) is 3. The van der Waals surface area contributed by atoms with E-state index in [0.29, 0.717) is 6.29 Å². The van der Waals surface area contributed by atoms with Crippen LogP contribution < -0.4 is 0 Å². The lowest BCUT2D eigenvalue weighted by molar-refractivity contribution is 0.112. The zero-order chi connectivity index (χ0) is 10.9. The summed E-state index contributed by atoms with van der Waals surface area (Å²) in [6.07, 6.45) is 1.52. The van der Waals surface area contributed by atoms with Crippen molar-refractivity contribution in [3.05, 3.63) is 27.7 Å². The van der Waals surface area contributed by atoms with Crippen LogP contribution in [0, 0.1) is 0 Å². The van der Waals surface area contributed by atoms with E-state index >= 15 is 0 Å². The Bertz CT molecular complexity index is 456. The molecule has 1 rings (SSSR count). The Kier molecular flexibility index (Phi) is 3.19. The van der Waals surface area contributed by atoms with Crippen LogP contribution in [-0.2, 0) is 9.84 Å². The molecule has 0 bridgehead atoms. The summed E-state index contributed by atoms with van der Waals surface area (Å²) in [5, 5.41) is 0.0702. The monoisotopic (exact) mass is 252 g/mol. The molecule has 6 heteroatoms. The highest BCUT2D eigenvalue weighted by Gasteiger charge is 2.13. The van der Waals surface area contributed by atoms with Crippen molar-refractivity contribution in [2.24, 2.45) is 0 Å². The van der Waals surface area contributed by atoms with Gasteiger partial charge in [0.1, 0.15) is 0 Å². The van der Waals surface area contributed by atoms with Gasteiger partial charge in [-0.25, -0.2) is 8.42 Å². The van der Waals surface area contributed by atoms with Crippen LogP contribution in [0.15, 0.2) is 17.0 Å². The van der Waals surface area contributed by atoms with Gasteiger partial charge in [0.05, 0.1) is 20.5 Å². The highest BCUT2D eigenvalue weighted by molar-refractivity contribution is 7.90. The van der Waals surface area contributed by atoms with Crippen molar-refractivity contribution >= 4 is 39.3 Å². The molecule has 1 aromatic rings. The second-order valence-corrected chi connectivity index (χ2v) is 5.52. The van der Waals surface area contributed by atoms with Gasteiger partial charge in [-0.2, -0.15) is 0 Å². The van der Waals surface area contributed by atoms with E-state index in [2.05, 4.69) is 0 Å². The molecule has 0 amide bonds. The molecule has 0 atom stereocenters.